The van der Waals surface area contributed by atoms with Gasteiger partial charge in [-0.25, -0.2) is 14.6 Å². The molecule has 4 N–H and O–H groups in total. The zero-order chi connectivity index (χ0) is 47.5. The Kier molecular flexibility index (Phi) is 20.3. The van der Waals surface area contributed by atoms with E-state index in [1.807, 2.05) is 88.5 Å². The highest BCUT2D eigenvalue weighted by Crippen LogP contribution is 2.46. The number of hydrogen-bond donors (Lipinski definition) is 4. The van der Waals surface area contributed by atoms with Crippen molar-refractivity contribution in [1.29, 1.82) is 0 Å². The lowest BCUT2D eigenvalue weighted by Crippen LogP contribution is -2.52. The molecule has 2 saturated carbocycles. The number of amides is 3. The van der Waals surface area contributed by atoms with Gasteiger partial charge in [0.2, 0.25) is 5.91 Å². The number of rotatable bonds is 18. The second-order valence-electron chi connectivity index (χ2n) is 17.7. The lowest BCUT2D eigenvalue weighted by Gasteiger charge is -2.31. The molecule has 0 saturated heterocycles. The molecule has 0 aliphatic heterocycles. The van der Waals surface area contributed by atoms with E-state index in [-0.39, 0.29) is 23.2 Å². The van der Waals surface area contributed by atoms with Crippen molar-refractivity contribution in [3.63, 3.8) is 0 Å². The summed E-state index contributed by atoms with van der Waals surface area (Å²) in [6.07, 6.45) is 17.9. The molecule has 0 spiro atoms. The number of methoxy groups -OCH3 is 2. The van der Waals surface area contributed by atoms with Crippen molar-refractivity contribution < 1.29 is 28.7 Å². The molecule has 2 aliphatic rings. The lowest BCUT2D eigenvalue weighted by atomic mass is 10.0. The maximum Gasteiger partial charge on any atom is 0.407 e. The van der Waals surface area contributed by atoms with E-state index in [2.05, 4.69) is 98.3 Å². The van der Waals surface area contributed by atoms with Gasteiger partial charge in [-0.2, -0.15) is 0 Å². The molecular weight excluding hydrogens is 809 g/mol. The van der Waals surface area contributed by atoms with Gasteiger partial charge in [-0.05, 0) is 90.8 Å². The predicted molar refractivity (Wildman–Crippen MR) is 254 cm³/mol. The molecule has 64 heavy (non-hydrogen) atoms. The fraction of sp³-hybridized carbons (Fsp3) is 0.480. The Bertz CT molecular complexity index is 2120. The molecule has 2 aromatic carbocycles. The Hall–Kier alpha value is -6.38. The van der Waals surface area contributed by atoms with E-state index in [0.717, 1.165) is 59.6 Å². The molecule has 3 amide bonds. The number of hydrogen-bond acceptors (Lipinski definition) is 10. The number of carbonyl (C=O) groups excluding carboxylic acids is 4. The van der Waals surface area contributed by atoms with E-state index in [9.17, 15) is 19.2 Å². The fourth-order valence-electron chi connectivity index (χ4n) is 6.56. The van der Waals surface area contributed by atoms with Gasteiger partial charge in [0, 0.05) is 44.0 Å². The molecule has 14 heteroatoms. The van der Waals surface area contributed by atoms with E-state index in [0.29, 0.717) is 30.6 Å². The number of imidazole rings is 1. The summed E-state index contributed by atoms with van der Waals surface area (Å²) in [5, 5.41) is 8.35. The van der Waals surface area contributed by atoms with Crippen LogP contribution in [0.5, 0.6) is 0 Å². The third-order valence-electron chi connectivity index (χ3n) is 11.2. The van der Waals surface area contributed by atoms with Crippen LogP contribution in [0.1, 0.15) is 89.7 Å². The number of aliphatic imine (C=N–C) groups is 1. The number of benzene rings is 2. The number of ether oxygens (including phenoxy) is 2. The third-order valence-corrected chi connectivity index (χ3v) is 11.2. The first-order valence-electron chi connectivity index (χ1n) is 21.6. The minimum Gasteiger partial charge on any atom is -0.453 e. The van der Waals surface area contributed by atoms with Gasteiger partial charge in [0.1, 0.15) is 18.2 Å². The molecule has 344 valence electrons. The molecule has 1 aromatic heterocycles. The Morgan fingerprint density at radius 1 is 0.875 bits per heavy atom. The van der Waals surface area contributed by atoms with Crippen LogP contribution in [0.3, 0.4) is 0 Å². The van der Waals surface area contributed by atoms with Crippen LogP contribution in [0.25, 0.3) is 17.0 Å². The van der Waals surface area contributed by atoms with Gasteiger partial charge in [-0.3, -0.25) is 9.79 Å². The number of carbonyl (C=O) groups is 4. The summed E-state index contributed by atoms with van der Waals surface area (Å²) in [5.74, 6) is 7.07. The van der Waals surface area contributed by atoms with E-state index >= 15 is 0 Å². The molecular formula is C50H68N8O6. The zero-order valence-electron chi connectivity index (χ0n) is 39.3. The Morgan fingerprint density at radius 2 is 1.42 bits per heavy atom. The number of aromatic amines is 1. The molecule has 5 rings (SSSR count). The van der Waals surface area contributed by atoms with Gasteiger partial charge in [0.25, 0.3) is 0 Å². The smallest absolute Gasteiger partial charge is 0.407 e. The van der Waals surface area contributed by atoms with Crippen molar-refractivity contribution >= 4 is 36.3 Å². The number of aldehydes is 1. The van der Waals surface area contributed by atoms with E-state index in [4.69, 9.17) is 4.74 Å². The first-order chi connectivity index (χ1) is 30.5. The monoisotopic (exact) mass is 877 g/mol. The van der Waals surface area contributed by atoms with Crippen molar-refractivity contribution in [2.45, 2.75) is 85.9 Å². The van der Waals surface area contributed by atoms with Crippen LogP contribution in [0.4, 0.5) is 9.59 Å². The average molecular weight is 877 g/mol. The molecule has 3 aromatic rings. The van der Waals surface area contributed by atoms with Crippen molar-refractivity contribution in [2.24, 2.45) is 27.7 Å². The van der Waals surface area contributed by atoms with Crippen LogP contribution in [0.2, 0.25) is 0 Å². The van der Waals surface area contributed by atoms with Crippen LogP contribution in [0.15, 0.2) is 65.9 Å². The summed E-state index contributed by atoms with van der Waals surface area (Å²) in [4.78, 5) is 63.3. The van der Waals surface area contributed by atoms with Crippen LogP contribution in [0, 0.1) is 47.4 Å². The SMILES string of the molecule is C#C.CN/C(=C\N=CCN(C)CC1(C)CC1)c1ccc(C#Cc2ccc(-c3cnc(CN(CC4(C)CC4)C(=O)C(NC(=O)OC)C(C)C)[nH]3)cc2)cc1.COC(=O)NC(C=O)C(C)C. The van der Waals surface area contributed by atoms with Crippen molar-refractivity contribution in [3.05, 3.63) is 83.4 Å². The van der Waals surface area contributed by atoms with E-state index < -0.39 is 24.3 Å². The predicted octanol–water partition coefficient (Wildman–Crippen LogP) is 7.12. The van der Waals surface area contributed by atoms with Gasteiger partial charge in [0.15, 0.2) is 0 Å². The Labute approximate surface area is 380 Å². The topological polar surface area (TPSA) is 170 Å². The Morgan fingerprint density at radius 3 is 1.92 bits per heavy atom. The number of H-pyrrole nitrogens is 1. The highest BCUT2D eigenvalue weighted by molar-refractivity contribution is 5.86. The van der Waals surface area contributed by atoms with Gasteiger partial charge < -0.3 is 45.0 Å². The zero-order valence-corrected chi connectivity index (χ0v) is 39.3. The van der Waals surface area contributed by atoms with Crippen LogP contribution >= 0.6 is 0 Å². The molecule has 2 aliphatic carbocycles. The molecule has 2 fully saturated rings. The van der Waals surface area contributed by atoms with Crippen LogP contribution < -0.4 is 16.0 Å². The molecule has 14 nitrogen and oxygen atoms in total. The minimum absolute atomic E-state index is 0.0865. The Balaban J connectivity index is 0.000000732. The third kappa shape index (κ3) is 17.1. The van der Waals surface area contributed by atoms with Crippen molar-refractivity contribution in [1.82, 2.24) is 35.7 Å². The highest BCUT2D eigenvalue weighted by atomic mass is 16.5. The lowest BCUT2D eigenvalue weighted by molar-refractivity contribution is -0.136. The van der Waals surface area contributed by atoms with Gasteiger partial charge >= 0.3 is 12.2 Å². The molecule has 0 radical (unpaired) electrons. The highest BCUT2D eigenvalue weighted by Gasteiger charge is 2.42. The molecule has 2 unspecified atom stereocenters. The maximum atomic E-state index is 13.7. The van der Waals surface area contributed by atoms with Gasteiger partial charge in [-0.1, -0.05) is 77.6 Å². The average Bonchev–Trinajstić information content (AvgIpc) is 4.16. The number of nitrogens with zero attached hydrogens (tertiary/aromatic N) is 4. The van der Waals surface area contributed by atoms with E-state index in [1.54, 1.807) is 6.20 Å². The summed E-state index contributed by atoms with van der Waals surface area (Å²) in [6.45, 7) is 14.9. The second kappa shape index (κ2) is 25.1. The minimum atomic E-state index is -0.689. The van der Waals surface area contributed by atoms with Crippen molar-refractivity contribution in [2.75, 3.05) is 47.9 Å². The number of alkyl carbamates (subject to hydrolysis) is 2. The summed E-state index contributed by atoms with van der Waals surface area (Å²) in [6, 6.07) is 15.0. The maximum absolute atomic E-state index is 13.7. The van der Waals surface area contributed by atoms with Crippen LogP contribution in [-0.4, -0.2) is 110 Å². The first-order valence-corrected chi connectivity index (χ1v) is 21.6. The number of terminal acetylenes is 1. The number of aromatic nitrogens is 2. The van der Waals surface area contributed by atoms with Gasteiger partial charge in [0.05, 0.1) is 50.6 Å². The van der Waals surface area contributed by atoms with E-state index in [1.165, 1.54) is 27.1 Å². The summed E-state index contributed by atoms with van der Waals surface area (Å²) >= 11 is 0. The quantitative estimate of drug-likeness (QED) is 0.0591. The molecule has 2 atom stereocenters. The van der Waals surface area contributed by atoms with Gasteiger partial charge in [-0.15, -0.1) is 12.8 Å². The number of nitrogens with one attached hydrogen (secondary N) is 4. The standard InChI is InChI=1S/C41H53N7O3.C7H13NO3.C2H2/c1-29(2)37(46-39(50)51-7)38(49)48(28-41(4)20-21-41)26-36-44-25-35(45-36)33-16-12-31(13-17-33)9-8-30-10-14-32(15-11-30)34(42-5)24-43-22-23-47(6)27-40(3)18-19-40;1-5(2)6(4-9)8-7(10)11-3;1-2/h10-17,22,24-25,29,37,42H,18-21,23,26-28H2,1-7H3,(H,44,45)(H,46,50);4-6H,1-3H3,(H,8,10);1-2H/b34-24-,43-22?;;. The summed E-state index contributed by atoms with van der Waals surface area (Å²) < 4.78 is 9.10. The summed E-state index contributed by atoms with van der Waals surface area (Å²) in [5.41, 5.74) is 6.25. The van der Waals surface area contributed by atoms with Crippen molar-refractivity contribution in [3.8, 4) is 35.9 Å². The fourth-order valence-corrected chi connectivity index (χ4v) is 6.56. The molecule has 0 bridgehead atoms. The molecule has 1 heterocycles. The normalized spacial score (nSPS) is 15.2. The largest absolute Gasteiger partial charge is 0.453 e. The second-order valence-corrected chi connectivity index (χ2v) is 17.7. The first kappa shape index (κ1) is 52.0. The summed E-state index contributed by atoms with van der Waals surface area (Å²) in [7, 11) is 6.62. The van der Waals surface area contributed by atoms with Crippen LogP contribution in [-0.2, 0) is 25.6 Å².